The number of nitrogens with zero attached hydrogens (tertiary/aromatic N) is 2. The minimum Gasteiger partial charge on any atom is -0.751 e. The van der Waals surface area contributed by atoms with E-state index in [1.807, 2.05) is 0 Å². The summed E-state index contributed by atoms with van der Waals surface area (Å²) in [4.78, 5) is 15.1. The summed E-state index contributed by atoms with van der Waals surface area (Å²) in [5.74, 6) is -1.49. The first-order valence-corrected chi connectivity index (χ1v) is 11.0. The predicted octanol–water partition coefficient (Wildman–Crippen LogP) is 7.89. The van der Waals surface area contributed by atoms with Gasteiger partial charge in [-0.2, -0.15) is 39.5 Å². The molecule has 0 saturated heterocycles. The Bertz CT molecular complexity index is 1300. The molecule has 0 aliphatic heterocycles. The lowest BCUT2D eigenvalue weighted by atomic mass is 9.94. The second kappa shape index (κ2) is 9.51. The lowest BCUT2D eigenvalue weighted by Crippen LogP contribution is -2.50. The summed E-state index contributed by atoms with van der Waals surface area (Å²) in [5.41, 5.74) is -15.0. The number of fused-ring (bicyclic) bond motifs is 1. The highest BCUT2D eigenvalue weighted by atomic mass is 127. The molecule has 3 rings (SSSR count). The summed E-state index contributed by atoms with van der Waals surface area (Å²) in [6.07, 6.45) is -11.9. The highest BCUT2D eigenvalue weighted by molar-refractivity contribution is 14.1. The van der Waals surface area contributed by atoms with Crippen LogP contribution in [-0.2, 0) is 5.67 Å². The maximum atomic E-state index is 14.5. The van der Waals surface area contributed by atoms with Gasteiger partial charge in [-0.15, -0.1) is 0 Å². The minimum absolute atomic E-state index is 0.0859. The molecule has 0 atom stereocenters. The van der Waals surface area contributed by atoms with Crippen molar-refractivity contribution in [3.05, 3.63) is 68.6 Å². The number of pyridine rings is 1. The minimum atomic E-state index is -6.61. The van der Waals surface area contributed by atoms with E-state index >= 15 is 0 Å². The monoisotopic (exact) mass is 657 g/mol. The van der Waals surface area contributed by atoms with E-state index in [-0.39, 0.29) is 17.1 Å². The Morgan fingerprint density at radius 1 is 0.917 bits per heavy atom. The molecule has 16 heteroatoms. The van der Waals surface area contributed by atoms with Crippen LogP contribution in [0, 0.1) is 8.78 Å². The molecule has 1 amide bonds. The van der Waals surface area contributed by atoms with E-state index in [1.165, 1.54) is 12.3 Å². The molecular weight excluding hydrogens is 649 g/mol. The fourth-order valence-electron chi connectivity index (χ4n) is 3.08. The molecule has 36 heavy (non-hydrogen) atoms. The Labute approximate surface area is 212 Å². The quantitative estimate of drug-likeness (QED) is 0.124. The molecule has 0 bridgehead atoms. The normalized spacial score (nSPS) is 13.2. The van der Waals surface area contributed by atoms with Crippen molar-refractivity contribution in [1.82, 2.24) is 4.98 Å². The molecule has 0 fully saturated rings. The van der Waals surface area contributed by atoms with Crippen molar-refractivity contribution in [2.24, 2.45) is 0 Å². The third-order valence-corrected chi connectivity index (χ3v) is 6.26. The number of thioether (sulfide) groups is 1. The molecule has 0 spiro atoms. The van der Waals surface area contributed by atoms with E-state index in [0.717, 1.165) is 34.7 Å². The summed E-state index contributed by atoms with van der Waals surface area (Å²) in [5, 5.41) is 12.7. The summed E-state index contributed by atoms with van der Waals surface area (Å²) in [6.45, 7) is 0. The number of amides is 1. The van der Waals surface area contributed by atoms with E-state index in [1.54, 1.807) is 12.1 Å². The summed E-state index contributed by atoms with van der Waals surface area (Å²) >= 11 is -0.322. The largest absolute Gasteiger partial charge is 0.751 e. The maximum absolute atomic E-state index is 14.5. The molecule has 4 nitrogen and oxygen atoms in total. The zero-order valence-electron chi connectivity index (χ0n) is 16.9. The standard InChI is InChI=1S/C20H8F10IN2O2S/c21-17(18(22,23)24,19(25,26)27)11-7-12(31)15(14(8-11)36-20(28,29)30)33(35)16(34)10-4-3-9-2-1-5-32-13(9)6-10/h1-8H/q-1. The van der Waals surface area contributed by atoms with Crippen molar-refractivity contribution in [2.75, 3.05) is 5.06 Å². The number of hydrogen-bond donors (Lipinski definition) is 0. The van der Waals surface area contributed by atoms with Gasteiger partial charge in [-0.05, 0) is 64.7 Å². The zero-order valence-corrected chi connectivity index (χ0v) is 19.9. The predicted molar refractivity (Wildman–Crippen MR) is 118 cm³/mol. The smallest absolute Gasteiger partial charge is 0.446 e. The number of aromatic nitrogens is 1. The molecule has 194 valence electrons. The molecule has 1 heterocycles. The Hall–Kier alpha value is -2.34. The topological polar surface area (TPSA) is 56.3 Å². The summed E-state index contributed by atoms with van der Waals surface area (Å²) in [7, 11) is 0. The summed E-state index contributed by atoms with van der Waals surface area (Å²) in [6, 6.07) is 6.26. The molecule has 3 aromatic rings. The third-order valence-electron chi connectivity index (χ3n) is 4.67. The van der Waals surface area contributed by atoms with Crippen molar-refractivity contribution in [3.8, 4) is 0 Å². The van der Waals surface area contributed by atoms with E-state index < -0.39 is 72.0 Å². The zero-order chi connectivity index (χ0) is 27.3. The molecule has 0 saturated carbocycles. The van der Waals surface area contributed by atoms with Crippen LogP contribution in [0.5, 0.6) is 0 Å². The van der Waals surface area contributed by atoms with Gasteiger partial charge in [0.25, 0.3) is 0 Å². The van der Waals surface area contributed by atoms with Crippen LogP contribution in [0.1, 0.15) is 15.9 Å². The van der Waals surface area contributed by atoms with E-state index in [2.05, 4.69) is 4.98 Å². The number of hydroxylamine groups is 1. The van der Waals surface area contributed by atoms with E-state index in [9.17, 15) is 53.9 Å². The second-order valence-electron chi connectivity index (χ2n) is 7.02. The van der Waals surface area contributed by atoms with E-state index in [4.69, 9.17) is 0 Å². The number of anilines is 1. The van der Waals surface area contributed by atoms with Gasteiger partial charge in [0, 0.05) is 31.2 Å². The van der Waals surface area contributed by atoms with Crippen LogP contribution in [0.15, 0.2) is 53.6 Å². The Balaban J connectivity index is 2.19. The Kier molecular flexibility index (Phi) is 7.46. The highest BCUT2D eigenvalue weighted by Gasteiger charge is 2.73. The van der Waals surface area contributed by atoms with Gasteiger partial charge in [0.15, 0.2) is 0 Å². The highest BCUT2D eigenvalue weighted by Crippen LogP contribution is 2.55. The molecule has 0 N–H and O–H groups in total. The molecule has 0 aliphatic carbocycles. The van der Waals surface area contributed by atoms with Crippen LogP contribution in [0.4, 0.5) is 49.6 Å². The van der Waals surface area contributed by atoms with Crippen LogP contribution < -0.4 is 5.06 Å². The van der Waals surface area contributed by atoms with Gasteiger partial charge in [-0.1, -0.05) is 12.1 Å². The molecule has 0 aliphatic rings. The molecule has 0 unspecified atom stereocenters. The Morgan fingerprint density at radius 3 is 2.08 bits per heavy atom. The second-order valence-corrected chi connectivity index (χ2v) is 9.29. The van der Waals surface area contributed by atoms with Crippen molar-refractivity contribution < 1.29 is 48.7 Å². The van der Waals surface area contributed by atoms with Gasteiger partial charge >= 0.3 is 23.5 Å². The van der Waals surface area contributed by atoms with E-state index in [0.29, 0.717) is 5.39 Å². The van der Waals surface area contributed by atoms with Gasteiger partial charge < -0.3 is 10.3 Å². The average Bonchev–Trinajstić information content (AvgIpc) is 2.74. The van der Waals surface area contributed by atoms with Crippen LogP contribution in [0.3, 0.4) is 0 Å². The van der Waals surface area contributed by atoms with Crippen molar-refractivity contribution in [3.63, 3.8) is 0 Å². The lowest BCUT2D eigenvalue weighted by molar-refractivity contribution is -0.348. The van der Waals surface area contributed by atoms with Gasteiger partial charge in [-0.25, -0.2) is 4.39 Å². The maximum Gasteiger partial charge on any atom is 0.446 e. The Morgan fingerprint density at radius 2 is 1.53 bits per heavy atom. The number of carbonyl (C=O) groups is 1. The van der Waals surface area contributed by atoms with Crippen LogP contribution >= 0.6 is 34.4 Å². The summed E-state index contributed by atoms with van der Waals surface area (Å²) < 4.78 is 132. The number of benzene rings is 2. The fraction of sp³-hybridized carbons (Fsp3) is 0.200. The third kappa shape index (κ3) is 5.34. The number of halogens is 11. The van der Waals surface area contributed by atoms with Crippen LogP contribution in [-0.4, -0.2) is 28.8 Å². The lowest BCUT2D eigenvalue weighted by Gasteiger charge is -2.34. The first-order chi connectivity index (χ1) is 16.4. The van der Waals surface area contributed by atoms with Gasteiger partial charge in [0.2, 0.25) is 5.91 Å². The van der Waals surface area contributed by atoms with Gasteiger partial charge in [0.1, 0.15) is 0 Å². The van der Waals surface area contributed by atoms with Gasteiger partial charge in [0.05, 0.1) is 11.2 Å². The van der Waals surface area contributed by atoms with Crippen LogP contribution in [0.2, 0.25) is 0 Å². The number of hydrogen-bond acceptors (Lipinski definition) is 4. The number of alkyl halides is 10. The number of carbonyl (C=O) groups excluding carboxylic acids is 1. The SMILES string of the molecule is O=C(c1ccc2cccnc2c1)N([O-])c1c(I)cc(C(F)(C(F)(F)F)C(F)(F)F)cc1SC(F)(F)F. The average molecular weight is 657 g/mol. The van der Waals surface area contributed by atoms with Crippen LogP contribution in [0.25, 0.3) is 10.9 Å². The van der Waals surface area contributed by atoms with Crippen molar-refractivity contribution in [2.45, 2.75) is 28.4 Å². The molecule has 2 aromatic carbocycles. The van der Waals surface area contributed by atoms with Crippen molar-refractivity contribution >= 4 is 56.9 Å². The van der Waals surface area contributed by atoms with Crippen molar-refractivity contribution in [1.29, 1.82) is 0 Å². The van der Waals surface area contributed by atoms with Gasteiger partial charge in [-0.3, -0.25) is 9.78 Å². The fourth-order valence-corrected chi connectivity index (χ4v) is 4.83. The number of rotatable bonds is 4. The molecule has 1 aromatic heterocycles. The molecule has 0 radical (unpaired) electrons. The molecular formula is C20H8F10IN2O2S-. The first-order valence-electron chi connectivity index (χ1n) is 9.15. The first kappa shape index (κ1) is 28.2.